The molecule has 43 heavy (non-hydrogen) atoms. The van der Waals surface area contributed by atoms with Crippen LogP contribution in [0.4, 0.5) is 5.82 Å². The fourth-order valence-electron chi connectivity index (χ4n) is 6.30. The molecule has 1 saturated heterocycles. The van der Waals surface area contributed by atoms with Crippen LogP contribution in [0.15, 0.2) is 41.8 Å². The zero-order chi connectivity index (χ0) is 29.6. The second kappa shape index (κ2) is 13.8. The summed E-state index contributed by atoms with van der Waals surface area (Å²) in [6, 6.07) is 10.2. The summed E-state index contributed by atoms with van der Waals surface area (Å²) in [6.45, 7) is 3.59. The number of nitrogens with zero attached hydrogens (tertiary/aromatic N) is 5. The molecule has 2 aromatic rings. The first-order valence-corrected chi connectivity index (χ1v) is 15.9. The van der Waals surface area contributed by atoms with E-state index < -0.39 is 6.10 Å². The predicted octanol–water partition coefficient (Wildman–Crippen LogP) is 2.75. The highest BCUT2D eigenvalue weighted by atomic mass is 16.6. The van der Waals surface area contributed by atoms with Crippen molar-refractivity contribution in [3.8, 4) is 0 Å². The van der Waals surface area contributed by atoms with E-state index in [9.17, 15) is 14.7 Å². The maximum atomic E-state index is 13.2. The van der Waals surface area contributed by atoms with E-state index in [0.29, 0.717) is 31.2 Å². The molecule has 0 bridgehead atoms. The molecular formula is C32H43N7O4. The largest absolute Gasteiger partial charge is 0.392 e. The van der Waals surface area contributed by atoms with Crippen molar-refractivity contribution in [2.45, 2.75) is 82.6 Å². The smallest absolute Gasteiger partial charge is 0.271 e. The average molecular weight is 590 g/mol. The van der Waals surface area contributed by atoms with Gasteiger partial charge in [0.05, 0.1) is 6.10 Å². The first-order valence-electron chi connectivity index (χ1n) is 15.9. The first kappa shape index (κ1) is 29.5. The lowest BCUT2D eigenvalue weighted by Crippen LogP contribution is -2.45. The van der Waals surface area contributed by atoms with Crippen molar-refractivity contribution in [1.82, 2.24) is 25.1 Å². The van der Waals surface area contributed by atoms with E-state index in [-0.39, 0.29) is 42.1 Å². The van der Waals surface area contributed by atoms with Crippen LogP contribution in [0.25, 0.3) is 0 Å². The van der Waals surface area contributed by atoms with Gasteiger partial charge in [0.1, 0.15) is 29.7 Å². The highest BCUT2D eigenvalue weighted by molar-refractivity contribution is 6.40. The van der Waals surface area contributed by atoms with Crippen LogP contribution in [-0.4, -0.2) is 93.4 Å². The van der Waals surface area contributed by atoms with Gasteiger partial charge in [0.15, 0.2) is 0 Å². The summed E-state index contributed by atoms with van der Waals surface area (Å²) in [6.07, 6.45) is 9.75. The molecule has 4 aliphatic rings. The lowest BCUT2D eigenvalue weighted by atomic mass is 10.00. The van der Waals surface area contributed by atoms with Crippen LogP contribution in [0.1, 0.15) is 73.0 Å². The van der Waals surface area contributed by atoms with Crippen molar-refractivity contribution in [2.75, 3.05) is 38.0 Å². The summed E-state index contributed by atoms with van der Waals surface area (Å²) < 4.78 is 0. The molecule has 0 radical (unpaired) electrons. The van der Waals surface area contributed by atoms with Gasteiger partial charge in [-0.25, -0.2) is 9.97 Å². The third-order valence-electron chi connectivity index (χ3n) is 9.00. The molecule has 6 rings (SSSR count). The van der Waals surface area contributed by atoms with Gasteiger partial charge in [-0.1, -0.05) is 29.4 Å². The Morgan fingerprint density at radius 3 is 2.56 bits per heavy atom. The molecule has 1 aromatic heterocycles. The first-order chi connectivity index (χ1) is 21.0. The van der Waals surface area contributed by atoms with E-state index in [2.05, 4.69) is 48.9 Å². The van der Waals surface area contributed by atoms with Gasteiger partial charge in [-0.15, -0.1) is 0 Å². The molecule has 2 amide bonds. The van der Waals surface area contributed by atoms with Crippen molar-refractivity contribution >= 4 is 23.3 Å². The molecule has 3 fully saturated rings. The van der Waals surface area contributed by atoms with Gasteiger partial charge in [0.25, 0.3) is 11.8 Å². The number of hydrogen-bond acceptors (Lipinski definition) is 9. The molecule has 2 saturated carbocycles. The number of aromatic nitrogens is 2. The lowest BCUT2D eigenvalue weighted by molar-refractivity contribution is -0.125. The average Bonchev–Trinajstić information content (AvgIpc) is 3.73. The Kier molecular flexibility index (Phi) is 9.48. The number of likely N-dealkylation sites (tertiary alicyclic amines) is 1. The van der Waals surface area contributed by atoms with E-state index in [4.69, 9.17) is 4.84 Å². The van der Waals surface area contributed by atoms with Crippen molar-refractivity contribution in [2.24, 2.45) is 11.1 Å². The normalized spacial score (nSPS) is 20.9. The summed E-state index contributed by atoms with van der Waals surface area (Å²) in [7, 11) is 0. The molecule has 3 heterocycles. The number of nitrogens with one attached hydrogen (secondary N) is 2. The van der Waals surface area contributed by atoms with Gasteiger partial charge in [0, 0.05) is 57.3 Å². The fourth-order valence-corrected chi connectivity index (χ4v) is 6.30. The summed E-state index contributed by atoms with van der Waals surface area (Å²) >= 11 is 0. The minimum atomic E-state index is -0.679. The molecule has 1 atom stereocenters. The van der Waals surface area contributed by atoms with Crippen LogP contribution >= 0.6 is 0 Å². The second-order valence-electron chi connectivity index (χ2n) is 12.4. The molecule has 2 aliphatic carbocycles. The monoisotopic (exact) mass is 589 g/mol. The van der Waals surface area contributed by atoms with Crippen LogP contribution < -0.4 is 10.6 Å². The van der Waals surface area contributed by atoms with E-state index >= 15 is 0 Å². The number of anilines is 1. The Balaban J connectivity index is 0.942. The number of amides is 2. The van der Waals surface area contributed by atoms with Crippen LogP contribution in [0.2, 0.25) is 0 Å². The van der Waals surface area contributed by atoms with E-state index in [1.165, 1.54) is 30.3 Å². The molecule has 3 N–H and O–H groups in total. The molecular weight excluding hydrogens is 546 g/mol. The minimum Gasteiger partial charge on any atom is -0.392 e. The maximum absolute atomic E-state index is 13.2. The SMILES string of the molecule is O=C(NC[C@H](O)CN1CCc2ccccc2C1)c1cc(NC2CCN(C(=O)/C(=N\OC3CCCC3)C3CC3)CC2)ncn1. The van der Waals surface area contributed by atoms with Crippen molar-refractivity contribution in [1.29, 1.82) is 0 Å². The number of carbonyl (C=O) groups excluding carboxylic acids is 2. The van der Waals surface area contributed by atoms with E-state index in [1.54, 1.807) is 6.07 Å². The Bertz CT molecular complexity index is 1300. The summed E-state index contributed by atoms with van der Waals surface area (Å²) in [5.41, 5.74) is 3.50. The zero-order valence-corrected chi connectivity index (χ0v) is 24.8. The van der Waals surface area contributed by atoms with Gasteiger partial charge >= 0.3 is 0 Å². The number of oxime groups is 1. The highest BCUT2D eigenvalue weighted by Gasteiger charge is 2.37. The number of carbonyl (C=O) groups is 2. The van der Waals surface area contributed by atoms with Crippen molar-refractivity contribution in [3.63, 3.8) is 0 Å². The highest BCUT2D eigenvalue weighted by Crippen LogP contribution is 2.33. The maximum Gasteiger partial charge on any atom is 0.271 e. The fraction of sp³-hybridized carbons (Fsp3) is 0.594. The number of fused-ring (bicyclic) bond motifs is 1. The van der Waals surface area contributed by atoms with Gasteiger partial charge in [-0.3, -0.25) is 14.5 Å². The van der Waals surface area contributed by atoms with Gasteiger partial charge in [-0.2, -0.15) is 0 Å². The van der Waals surface area contributed by atoms with Crippen LogP contribution in [-0.2, 0) is 22.6 Å². The number of aliphatic hydroxyl groups excluding tert-OH is 1. The Morgan fingerprint density at radius 2 is 1.79 bits per heavy atom. The van der Waals surface area contributed by atoms with Crippen LogP contribution in [0.3, 0.4) is 0 Å². The zero-order valence-electron chi connectivity index (χ0n) is 24.8. The molecule has 11 heteroatoms. The third-order valence-corrected chi connectivity index (χ3v) is 9.00. The Hall–Kier alpha value is -3.57. The number of aliphatic hydroxyl groups is 1. The van der Waals surface area contributed by atoms with E-state index in [1.807, 2.05) is 11.0 Å². The molecule has 0 unspecified atom stereocenters. The van der Waals surface area contributed by atoms with Gasteiger partial charge < -0.3 is 25.5 Å². The number of benzene rings is 1. The Morgan fingerprint density at radius 1 is 1.02 bits per heavy atom. The van der Waals surface area contributed by atoms with Crippen LogP contribution in [0.5, 0.6) is 0 Å². The molecule has 0 spiro atoms. The van der Waals surface area contributed by atoms with E-state index in [0.717, 1.165) is 58.0 Å². The lowest BCUT2D eigenvalue weighted by Gasteiger charge is -2.32. The van der Waals surface area contributed by atoms with Crippen molar-refractivity contribution in [3.05, 3.63) is 53.5 Å². The molecule has 1 aromatic carbocycles. The number of β-amino-alcohol motifs (C(OH)–C–C–N with tert-alkyl or cyclic N) is 1. The number of piperidine rings is 1. The Labute approximate surface area is 253 Å². The third kappa shape index (κ3) is 7.88. The molecule has 11 nitrogen and oxygen atoms in total. The van der Waals surface area contributed by atoms with Gasteiger partial charge in [0.2, 0.25) is 0 Å². The standard InChI is InChI=1S/C32H43N7O4/c40-26(20-38-14-11-22-5-1-2-6-24(22)19-38)18-33-31(41)28-17-29(35-21-34-28)36-25-12-15-39(16-13-25)32(42)30(23-9-10-23)37-43-27-7-3-4-8-27/h1-2,5-6,17,21,23,25-27,40H,3-4,7-16,18-20H2,(H,33,41)(H,34,35,36)/b37-30-/t26-/m0/s1. The van der Waals surface area contributed by atoms with Gasteiger partial charge in [-0.05, 0) is 68.9 Å². The number of hydrogen-bond donors (Lipinski definition) is 3. The minimum absolute atomic E-state index is 0.00670. The summed E-state index contributed by atoms with van der Waals surface area (Å²) in [5, 5.41) is 21.2. The second-order valence-corrected chi connectivity index (χ2v) is 12.4. The summed E-state index contributed by atoms with van der Waals surface area (Å²) in [4.78, 5) is 44.4. The molecule has 2 aliphatic heterocycles. The number of rotatable bonds is 11. The predicted molar refractivity (Wildman–Crippen MR) is 163 cm³/mol. The quantitative estimate of drug-likeness (QED) is 0.269. The van der Waals surface area contributed by atoms with Crippen molar-refractivity contribution < 1.29 is 19.5 Å². The topological polar surface area (TPSA) is 132 Å². The molecule has 230 valence electrons. The summed E-state index contributed by atoms with van der Waals surface area (Å²) in [5.74, 6) is 0.467. The van der Waals surface area contributed by atoms with Crippen LogP contribution in [0, 0.1) is 5.92 Å².